The standard InChI is InChI=1S/C20H25N/c1-11(2)15-7-13(5)19-17(9-15)18-10-16(12(3)4)8-14(6)20(18)21-19/h7-12,21H,1-6H3. The lowest BCUT2D eigenvalue weighted by molar-refractivity contribution is 0.866. The van der Waals surface area contributed by atoms with Crippen molar-refractivity contribution in [3.8, 4) is 0 Å². The first kappa shape index (κ1) is 14.2. The van der Waals surface area contributed by atoms with Crippen molar-refractivity contribution in [2.24, 2.45) is 0 Å². The minimum Gasteiger partial charge on any atom is -0.354 e. The number of rotatable bonds is 2. The van der Waals surface area contributed by atoms with Crippen LogP contribution in [-0.4, -0.2) is 4.98 Å². The monoisotopic (exact) mass is 279 g/mol. The number of fused-ring (bicyclic) bond motifs is 3. The van der Waals surface area contributed by atoms with E-state index in [9.17, 15) is 0 Å². The first-order valence-corrected chi connectivity index (χ1v) is 7.95. The van der Waals surface area contributed by atoms with Gasteiger partial charge in [0.2, 0.25) is 0 Å². The van der Waals surface area contributed by atoms with Crippen LogP contribution in [0.1, 0.15) is 61.8 Å². The van der Waals surface area contributed by atoms with Gasteiger partial charge in [0.05, 0.1) is 0 Å². The van der Waals surface area contributed by atoms with E-state index in [0.29, 0.717) is 11.8 Å². The van der Waals surface area contributed by atoms with Gasteiger partial charge in [0.1, 0.15) is 0 Å². The Morgan fingerprint density at radius 1 is 0.667 bits per heavy atom. The summed E-state index contributed by atoms with van der Waals surface area (Å²) >= 11 is 0. The van der Waals surface area contributed by atoms with Crippen LogP contribution < -0.4 is 0 Å². The summed E-state index contributed by atoms with van der Waals surface area (Å²) < 4.78 is 0. The van der Waals surface area contributed by atoms with Crippen molar-refractivity contribution in [2.45, 2.75) is 53.4 Å². The Hall–Kier alpha value is -1.76. The van der Waals surface area contributed by atoms with Crippen molar-refractivity contribution in [2.75, 3.05) is 0 Å². The van der Waals surface area contributed by atoms with Crippen molar-refractivity contribution in [3.05, 3.63) is 46.5 Å². The van der Waals surface area contributed by atoms with Gasteiger partial charge in [-0.1, -0.05) is 39.8 Å². The van der Waals surface area contributed by atoms with Crippen molar-refractivity contribution < 1.29 is 0 Å². The van der Waals surface area contributed by atoms with Gasteiger partial charge in [0.25, 0.3) is 0 Å². The number of hydrogen-bond donors (Lipinski definition) is 1. The number of nitrogens with one attached hydrogen (secondary N) is 1. The van der Waals surface area contributed by atoms with Gasteiger partial charge in [-0.25, -0.2) is 0 Å². The second-order valence-corrected chi connectivity index (χ2v) is 6.96. The number of aromatic nitrogens is 1. The molecule has 1 nitrogen and oxygen atoms in total. The smallest absolute Gasteiger partial charge is 0.0494 e. The van der Waals surface area contributed by atoms with Gasteiger partial charge in [0.15, 0.2) is 0 Å². The third-order valence-corrected chi connectivity index (χ3v) is 4.59. The van der Waals surface area contributed by atoms with Crippen LogP contribution in [0.2, 0.25) is 0 Å². The number of aryl methyl sites for hydroxylation is 2. The molecule has 0 atom stereocenters. The maximum atomic E-state index is 3.65. The van der Waals surface area contributed by atoms with Crippen LogP contribution >= 0.6 is 0 Å². The predicted molar refractivity (Wildman–Crippen MR) is 93.5 cm³/mol. The Labute approximate surface area is 127 Å². The fourth-order valence-electron chi connectivity index (χ4n) is 3.18. The molecule has 0 spiro atoms. The zero-order valence-electron chi connectivity index (χ0n) is 14.0. The summed E-state index contributed by atoms with van der Waals surface area (Å²) in [4.78, 5) is 3.65. The van der Waals surface area contributed by atoms with Crippen LogP contribution in [0.5, 0.6) is 0 Å². The Bertz CT molecular complexity index is 751. The maximum Gasteiger partial charge on any atom is 0.0494 e. The molecule has 0 saturated carbocycles. The minimum atomic E-state index is 0.562. The minimum absolute atomic E-state index is 0.562. The van der Waals surface area contributed by atoms with Crippen LogP contribution in [0.15, 0.2) is 24.3 Å². The number of benzene rings is 2. The highest BCUT2D eigenvalue weighted by molar-refractivity contribution is 6.09. The van der Waals surface area contributed by atoms with Crippen molar-refractivity contribution in [3.63, 3.8) is 0 Å². The lowest BCUT2D eigenvalue weighted by Gasteiger charge is -2.09. The van der Waals surface area contributed by atoms with E-state index < -0.39 is 0 Å². The fourth-order valence-corrected chi connectivity index (χ4v) is 3.18. The number of aromatic amines is 1. The molecule has 110 valence electrons. The van der Waals surface area contributed by atoms with Gasteiger partial charge >= 0.3 is 0 Å². The summed E-state index contributed by atoms with van der Waals surface area (Å²) in [6.45, 7) is 13.5. The summed E-state index contributed by atoms with van der Waals surface area (Å²) in [5.41, 5.74) is 8.12. The van der Waals surface area contributed by atoms with Crippen LogP contribution in [0, 0.1) is 13.8 Å². The normalized spacial score (nSPS) is 12.2. The molecule has 1 heterocycles. The quantitative estimate of drug-likeness (QED) is 0.576. The lowest BCUT2D eigenvalue weighted by Crippen LogP contribution is -1.89. The molecule has 0 saturated heterocycles. The molecule has 1 N–H and O–H groups in total. The molecule has 2 aromatic carbocycles. The second kappa shape index (κ2) is 4.91. The van der Waals surface area contributed by atoms with Crippen LogP contribution in [-0.2, 0) is 0 Å². The van der Waals surface area contributed by atoms with Gasteiger partial charge in [0, 0.05) is 21.8 Å². The zero-order valence-corrected chi connectivity index (χ0v) is 14.0. The zero-order chi connectivity index (χ0) is 15.3. The Kier molecular flexibility index (Phi) is 3.32. The SMILES string of the molecule is Cc1cc(C(C)C)cc2c1[nH]c1c(C)cc(C(C)C)cc12. The van der Waals surface area contributed by atoms with Gasteiger partial charge in [-0.2, -0.15) is 0 Å². The van der Waals surface area contributed by atoms with Crippen molar-refractivity contribution >= 4 is 21.8 Å². The van der Waals surface area contributed by atoms with Crippen molar-refractivity contribution in [1.29, 1.82) is 0 Å². The highest BCUT2D eigenvalue weighted by atomic mass is 14.7. The molecule has 0 amide bonds. The van der Waals surface area contributed by atoms with Gasteiger partial charge < -0.3 is 4.98 Å². The molecule has 0 aliphatic heterocycles. The van der Waals surface area contributed by atoms with Crippen LogP contribution in [0.4, 0.5) is 0 Å². The van der Waals surface area contributed by atoms with E-state index in [0.717, 1.165) is 0 Å². The number of hydrogen-bond acceptors (Lipinski definition) is 0. The van der Waals surface area contributed by atoms with E-state index in [2.05, 4.69) is 70.8 Å². The van der Waals surface area contributed by atoms with E-state index in [1.807, 2.05) is 0 Å². The van der Waals surface area contributed by atoms with Crippen molar-refractivity contribution in [1.82, 2.24) is 4.98 Å². The average Bonchev–Trinajstić information content (AvgIpc) is 2.78. The molecule has 3 aromatic rings. The van der Waals surface area contributed by atoms with Gasteiger partial charge in [-0.3, -0.25) is 0 Å². The molecule has 1 aromatic heterocycles. The molecule has 1 heteroatoms. The summed E-state index contributed by atoms with van der Waals surface area (Å²) in [6, 6.07) is 9.38. The van der Waals surface area contributed by atoms with E-state index in [1.165, 1.54) is 44.1 Å². The van der Waals surface area contributed by atoms with Crippen LogP contribution in [0.25, 0.3) is 21.8 Å². The molecule has 0 aliphatic carbocycles. The van der Waals surface area contributed by atoms with E-state index >= 15 is 0 Å². The fraction of sp³-hybridized carbons (Fsp3) is 0.400. The maximum absolute atomic E-state index is 3.65. The highest BCUT2D eigenvalue weighted by Crippen LogP contribution is 2.34. The second-order valence-electron chi connectivity index (χ2n) is 6.96. The van der Waals surface area contributed by atoms with E-state index in [4.69, 9.17) is 0 Å². The highest BCUT2D eigenvalue weighted by Gasteiger charge is 2.13. The van der Waals surface area contributed by atoms with Crippen LogP contribution in [0.3, 0.4) is 0 Å². The summed E-state index contributed by atoms with van der Waals surface area (Å²) in [5.74, 6) is 1.12. The Morgan fingerprint density at radius 2 is 1.05 bits per heavy atom. The lowest BCUT2D eigenvalue weighted by atomic mass is 9.95. The molecular formula is C20H25N. The topological polar surface area (TPSA) is 15.8 Å². The summed E-state index contributed by atoms with van der Waals surface area (Å²) in [5, 5.41) is 2.75. The molecule has 0 fully saturated rings. The van der Waals surface area contributed by atoms with E-state index in [1.54, 1.807) is 0 Å². The first-order chi connectivity index (χ1) is 9.88. The van der Waals surface area contributed by atoms with Gasteiger partial charge in [-0.05, 0) is 60.1 Å². The molecule has 0 aliphatic rings. The predicted octanol–water partition coefficient (Wildman–Crippen LogP) is 6.18. The summed E-state index contributed by atoms with van der Waals surface area (Å²) in [6.07, 6.45) is 0. The number of H-pyrrole nitrogens is 1. The van der Waals surface area contributed by atoms with E-state index in [-0.39, 0.29) is 0 Å². The third-order valence-electron chi connectivity index (χ3n) is 4.59. The molecule has 0 unspecified atom stereocenters. The average molecular weight is 279 g/mol. The molecule has 0 radical (unpaired) electrons. The largest absolute Gasteiger partial charge is 0.354 e. The molecule has 0 bridgehead atoms. The molecular weight excluding hydrogens is 254 g/mol. The third kappa shape index (κ3) is 2.25. The van der Waals surface area contributed by atoms with Gasteiger partial charge in [-0.15, -0.1) is 0 Å². The summed E-state index contributed by atoms with van der Waals surface area (Å²) in [7, 11) is 0. The molecule has 3 rings (SSSR count). The first-order valence-electron chi connectivity index (χ1n) is 7.95. The Balaban J connectivity index is 2.43. The Morgan fingerprint density at radius 3 is 1.38 bits per heavy atom. The molecule has 21 heavy (non-hydrogen) atoms.